The van der Waals surface area contributed by atoms with Crippen LogP contribution >= 0.6 is 11.6 Å². The summed E-state index contributed by atoms with van der Waals surface area (Å²) in [4.78, 5) is 7.49. The van der Waals surface area contributed by atoms with Crippen molar-refractivity contribution in [2.24, 2.45) is 9.98 Å². The van der Waals surface area contributed by atoms with Crippen LogP contribution < -0.4 is 5.32 Å². The predicted molar refractivity (Wildman–Crippen MR) is 58.2 cm³/mol. The summed E-state index contributed by atoms with van der Waals surface area (Å²) < 4.78 is 0. The molecule has 0 unspecified atom stereocenters. The molecule has 0 aliphatic carbocycles. The summed E-state index contributed by atoms with van der Waals surface area (Å²) in [6.45, 7) is 5.94. The van der Waals surface area contributed by atoms with E-state index in [-0.39, 0.29) is 5.17 Å². The molecule has 0 radical (unpaired) electrons. The zero-order valence-corrected chi connectivity index (χ0v) is 8.52. The fourth-order valence-corrected chi connectivity index (χ4v) is 0.914. The second-order valence-electron chi connectivity index (χ2n) is 2.14. The smallest absolute Gasteiger partial charge is 0.133 e. The SMILES string of the molecule is C=N/C=C(/C(=N)Cl)C(=NC)NCC. The van der Waals surface area contributed by atoms with Crippen LogP contribution in [0.15, 0.2) is 21.8 Å². The van der Waals surface area contributed by atoms with E-state index in [4.69, 9.17) is 17.0 Å². The molecule has 0 heterocycles. The maximum absolute atomic E-state index is 7.26. The first kappa shape index (κ1) is 11.8. The Balaban J connectivity index is 4.81. The molecular weight excluding hydrogens is 188 g/mol. The van der Waals surface area contributed by atoms with E-state index in [1.807, 2.05) is 6.92 Å². The Morgan fingerprint density at radius 2 is 2.31 bits per heavy atom. The van der Waals surface area contributed by atoms with Crippen molar-refractivity contribution >= 4 is 29.3 Å². The van der Waals surface area contributed by atoms with E-state index in [9.17, 15) is 0 Å². The summed E-state index contributed by atoms with van der Waals surface area (Å²) in [5.74, 6) is 0.551. The number of hydrogen-bond acceptors (Lipinski definition) is 3. The van der Waals surface area contributed by atoms with Crippen molar-refractivity contribution in [3.05, 3.63) is 11.8 Å². The second-order valence-corrected chi connectivity index (χ2v) is 2.52. The summed E-state index contributed by atoms with van der Waals surface area (Å²) in [6.07, 6.45) is 1.40. The molecule has 0 aliphatic heterocycles. The van der Waals surface area contributed by atoms with Gasteiger partial charge >= 0.3 is 0 Å². The lowest BCUT2D eigenvalue weighted by molar-refractivity contribution is 0.963. The Hall–Kier alpha value is -1.16. The molecule has 13 heavy (non-hydrogen) atoms. The highest BCUT2D eigenvalue weighted by Gasteiger charge is 2.08. The van der Waals surface area contributed by atoms with Crippen molar-refractivity contribution in [2.45, 2.75) is 6.92 Å². The fraction of sp³-hybridized carbons (Fsp3) is 0.375. The van der Waals surface area contributed by atoms with E-state index < -0.39 is 0 Å². The molecule has 0 atom stereocenters. The van der Waals surface area contributed by atoms with Gasteiger partial charge in [-0.25, -0.2) is 0 Å². The molecule has 0 aromatic heterocycles. The molecule has 0 bridgehead atoms. The van der Waals surface area contributed by atoms with Crippen molar-refractivity contribution in [3.8, 4) is 0 Å². The number of hydrogen-bond donors (Lipinski definition) is 2. The number of nitrogens with zero attached hydrogens (tertiary/aromatic N) is 2. The highest BCUT2D eigenvalue weighted by molar-refractivity contribution is 6.71. The first-order valence-corrected chi connectivity index (χ1v) is 4.16. The minimum atomic E-state index is -0.103. The first-order chi connectivity index (χ1) is 6.17. The van der Waals surface area contributed by atoms with Gasteiger partial charge < -0.3 is 5.32 Å². The molecule has 0 amide bonds. The third kappa shape index (κ3) is 3.85. The summed E-state index contributed by atoms with van der Waals surface area (Å²) in [5, 5.41) is 10.1. The van der Waals surface area contributed by atoms with Crippen molar-refractivity contribution < 1.29 is 0 Å². The molecule has 0 spiro atoms. The Labute approximate surface area is 82.9 Å². The van der Waals surface area contributed by atoms with Crippen LogP contribution in [-0.2, 0) is 0 Å². The standard InChI is InChI=1S/C8H13ClN4/c1-4-13-8(12-3)6(5-11-2)7(9)10/h5,10H,2,4H2,1,3H3,(H,12,13)/b6-5-,10-7?. The minimum Gasteiger partial charge on any atom is -0.370 e. The molecule has 0 saturated carbocycles. The highest BCUT2D eigenvalue weighted by Crippen LogP contribution is 2.02. The van der Waals surface area contributed by atoms with Gasteiger partial charge in [-0.3, -0.25) is 15.4 Å². The Kier molecular flexibility index (Phi) is 5.80. The van der Waals surface area contributed by atoms with Crippen LogP contribution in [0.2, 0.25) is 0 Å². The van der Waals surface area contributed by atoms with Gasteiger partial charge in [0.25, 0.3) is 0 Å². The quantitative estimate of drug-likeness (QED) is 0.524. The zero-order valence-electron chi connectivity index (χ0n) is 7.76. The molecular formula is C8H13ClN4. The Morgan fingerprint density at radius 1 is 1.69 bits per heavy atom. The molecule has 72 valence electrons. The molecule has 0 aromatic rings. The van der Waals surface area contributed by atoms with E-state index in [2.05, 4.69) is 22.0 Å². The van der Waals surface area contributed by atoms with Crippen LogP contribution in [0, 0.1) is 5.41 Å². The van der Waals surface area contributed by atoms with Crippen molar-refractivity contribution in [1.82, 2.24) is 5.32 Å². The Bertz CT molecular complexity index is 255. The molecule has 0 fully saturated rings. The average Bonchev–Trinajstić information content (AvgIpc) is 2.10. The lowest BCUT2D eigenvalue weighted by Crippen LogP contribution is -2.26. The van der Waals surface area contributed by atoms with Gasteiger partial charge in [0, 0.05) is 19.8 Å². The van der Waals surface area contributed by atoms with Gasteiger partial charge in [-0.2, -0.15) is 0 Å². The first-order valence-electron chi connectivity index (χ1n) is 3.78. The van der Waals surface area contributed by atoms with Gasteiger partial charge in [-0.1, -0.05) is 11.6 Å². The average molecular weight is 201 g/mol. The molecule has 0 aliphatic rings. The van der Waals surface area contributed by atoms with Crippen molar-refractivity contribution in [1.29, 1.82) is 5.41 Å². The molecule has 0 aromatic carbocycles. The van der Waals surface area contributed by atoms with E-state index >= 15 is 0 Å². The maximum atomic E-state index is 7.26. The van der Waals surface area contributed by atoms with E-state index in [0.29, 0.717) is 18.0 Å². The molecule has 2 N–H and O–H groups in total. The van der Waals surface area contributed by atoms with Gasteiger partial charge in [-0.05, 0) is 13.6 Å². The largest absolute Gasteiger partial charge is 0.370 e. The minimum absolute atomic E-state index is 0.103. The van der Waals surface area contributed by atoms with Crippen LogP contribution in [0.5, 0.6) is 0 Å². The Morgan fingerprint density at radius 3 is 2.62 bits per heavy atom. The van der Waals surface area contributed by atoms with Crippen LogP contribution in [0.1, 0.15) is 6.92 Å². The summed E-state index contributed by atoms with van der Waals surface area (Å²) in [5.41, 5.74) is 0.445. The number of amidine groups is 1. The third-order valence-corrected chi connectivity index (χ3v) is 1.48. The van der Waals surface area contributed by atoms with Crippen LogP contribution in [0.25, 0.3) is 0 Å². The van der Waals surface area contributed by atoms with Gasteiger partial charge in [0.2, 0.25) is 0 Å². The number of halogens is 1. The van der Waals surface area contributed by atoms with E-state index in [1.54, 1.807) is 7.05 Å². The second kappa shape index (κ2) is 6.37. The van der Waals surface area contributed by atoms with Gasteiger partial charge in [0.05, 0.1) is 5.57 Å². The van der Waals surface area contributed by atoms with E-state index in [0.717, 1.165) is 0 Å². The maximum Gasteiger partial charge on any atom is 0.133 e. The van der Waals surface area contributed by atoms with Gasteiger partial charge in [-0.15, -0.1) is 0 Å². The molecule has 4 nitrogen and oxygen atoms in total. The predicted octanol–water partition coefficient (Wildman–Crippen LogP) is 1.42. The van der Waals surface area contributed by atoms with Crippen molar-refractivity contribution in [3.63, 3.8) is 0 Å². The number of aliphatic imine (C=N–C) groups is 2. The summed E-state index contributed by atoms with van der Waals surface area (Å²) in [6, 6.07) is 0. The number of likely N-dealkylation sites (N-methyl/N-ethyl adjacent to an activating group) is 1. The number of nitrogens with one attached hydrogen (secondary N) is 2. The molecule has 0 saturated heterocycles. The number of rotatable bonds is 4. The molecule has 5 heteroatoms. The lowest BCUT2D eigenvalue weighted by Gasteiger charge is -2.07. The van der Waals surface area contributed by atoms with Gasteiger partial charge in [0.1, 0.15) is 11.0 Å². The van der Waals surface area contributed by atoms with Gasteiger partial charge in [0.15, 0.2) is 0 Å². The van der Waals surface area contributed by atoms with E-state index in [1.165, 1.54) is 6.20 Å². The van der Waals surface area contributed by atoms with Crippen LogP contribution in [0.4, 0.5) is 0 Å². The lowest BCUT2D eigenvalue weighted by atomic mass is 10.3. The normalized spacial score (nSPS) is 12.5. The summed E-state index contributed by atoms with van der Waals surface area (Å²) in [7, 11) is 1.62. The van der Waals surface area contributed by atoms with Crippen molar-refractivity contribution in [2.75, 3.05) is 13.6 Å². The fourth-order valence-electron chi connectivity index (χ4n) is 0.775. The van der Waals surface area contributed by atoms with Crippen LogP contribution in [0.3, 0.4) is 0 Å². The highest BCUT2D eigenvalue weighted by atomic mass is 35.5. The van der Waals surface area contributed by atoms with Crippen LogP contribution in [-0.4, -0.2) is 31.3 Å². The molecule has 0 rings (SSSR count). The topological polar surface area (TPSA) is 60.6 Å². The third-order valence-electron chi connectivity index (χ3n) is 1.28. The monoisotopic (exact) mass is 200 g/mol. The zero-order chi connectivity index (χ0) is 10.3. The summed E-state index contributed by atoms with van der Waals surface area (Å²) >= 11 is 5.54.